The van der Waals surface area contributed by atoms with Gasteiger partial charge in [0.15, 0.2) is 6.10 Å². The first-order valence-electron chi connectivity index (χ1n) is 6.67. The van der Waals surface area contributed by atoms with Crippen molar-refractivity contribution in [1.29, 1.82) is 0 Å². The van der Waals surface area contributed by atoms with Crippen LogP contribution in [0.4, 0.5) is 11.4 Å². The Morgan fingerprint density at radius 2 is 2.14 bits per heavy atom. The summed E-state index contributed by atoms with van der Waals surface area (Å²) in [5.41, 5.74) is 1.71. The summed E-state index contributed by atoms with van der Waals surface area (Å²) in [5.74, 6) is 0.509. The monoisotopic (exact) mass is 316 g/mol. The molecule has 1 amide bonds. The number of carbonyl (C=O) groups is 1. The predicted octanol–water partition coefficient (Wildman–Crippen LogP) is 3.52. The van der Waals surface area contributed by atoms with E-state index in [1.54, 1.807) is 37.3 Å². The van der Waals surface area contributed by atoms with E-state index in [4.69, 9.17) is 16.3 Å². The number of benzene rings is 2. The zero-order valence-corrected chi connectivity index (χ0v) is 12.5. The molecule has 0 aliphatic carbocycles. The van der Waals surface area contributed by atoms with Gasteiger partial charge in [-0.2, -0.15) is 0 Å². The highest BCUT2D eigenvalue weighted by atomic mass is 35.5. The molecule has 2 N–H and O–H groups in total. The topological polar surface area (TPSA) is 70.9 Å². The molecule has 1 heterocycles. The smallest absolute Gasteiger partial charge is 0.265 e. The van der Waals surface area contributed by atoms with E-state index >= 15 is 0 Å². The van der Waals surface area contributed by atoms with Crippen LogP contribution in [0.25, 0.3) is 0 Å². The lowest BCUT2D eigenvalue weighted by Gasteiger charge is -2.23. The van der Waals surface area contributed by atoms with Gasteiger partial charge in [-0.3, -0.25) is 9.79 Å². The third-order valence-corrected chi connectivity index (χ3v) is 3.47. The molecule has 5 nitrogen and oxygen atoms in total. The van der Waals surface area contributed by atoms with Crippen LogP contribution in [0.15, 0.2) is 41.4 Å². The number of anilines is 1. The van der Waals surface area contributed by atoms with Gasteiger partial charge in [-0.25, -0.2) is 0 Å². The first-order valence-corrected chi connectivity index (χ1v) is 7.05. The Morgan fingerprint density at radius 1 is 1.32 bits per heavy atom. The minimum absolute atomic E-state index is 0.0940. The van der Waals surface area contributed by atoms with Crippen LogP contribution in [-0.2, 0) is 4.79 Å². The molecule has 0 saturated heterocycles. The molecule has 2 aromatic rings. The Kier molecular flexibility index (Phi) is 3.73. The van der Waals surface area contributed by atoms with Crippen LogP contribution in [0.5, 0.6) is 11.5 Å². The predicted molar refractivity (Wildman–Crippen MR) is 85.5 cm³/mol. The van der Waals surface area contributed by atoms with Gasteiger partial charge in [0.05, 0.1) is 11.4 Å². The maximum absolute atomic E-state index is 11.6. The number of fused-ring (bicyclic) bond motifs is 1. The number of aromatic hydroxyl groups is 1. The van der Waals surface area contributed by atoms with E-state index < -0.39 is 6.10 Å². The quantitative estimate of drug-likeness (QED) is 0.833. The van der Waals surface area contributed by atoms with Crippen LogP contribution in [0, 0.1) is 0 Å². The molecule has 6 heteroatoms. The molecule has 0 radical (unpaired) electrons. The number of hydrogen-bond donors (Lipinski definition) is 2. The highest BCUT2D eigenvalue weighted by molar-refractivity contribution is 6.30. The van der Waals surface area contributed by atoms with Crippen LogP contribution in [-0.4, -0.2) is 23.3 Å². The summed E-state index contributed by atoms with van der Waals surface area (Å²) in [6, 6.07) is 9.94. The number of phenols is 1. The lowest BCUT2D eigenvalue weighted by atomic mass is 10.2. The van der Waals surface area contributed by atoms with Crippen molar-refractivity contribution < 1.29 is 14.6 Å². The lowest BCUT2D eigenvalue weighted by molar-refractivity contribution is -0.122. The number of phenolic OH excluding ortho intramolecular Hbond substituents is 1. The summed E-state index contributed by atoms with van der Waals surface area (Å²) in [4.78, 5) is 15.9. The van der Waals surface area contributed by atoms with Crippen LogP contribution in [0.2, 0.25) is 5.02 Å². The fourth-order valence-electron chi connectivity index (χ4n) is 2.05. The number of hydrogen-bond acceptors (Lipinski definition) is 4. The molecule has 0 spiro atoms. The minimum Gasteiger partial charge on any atom is -0.507 e. The maximum Gasteiger partial charge on any atom is 0.265 e. The van der Waals surface area contributed by atoms with Crippen molar-refractivity contribution in [2.45, 2.75) is 13.0 Å². The zero-order valence-electron chi connectivity index (χ0n) is 11.7. The Labute approximate surface area is 132 Å². The summed E-state index contributed by atoms with van der Waals surface area (Å²) in [6.07, 6.45) is 1.00. The van der Waals surface area contributed by atoms with E-state index in [2.05, 4.69) is 10.3 Å². The molecule has 0 fully saturated rings. The van der Waals surface area contributed by atoms with E-state index in [9.17, 15) is 9.90 Å². The van der Waals surface area contributed by atoms with Gasteiger partial charge < -0.3 is 15.2 Å². The van der Waals surface area contributed by atoms with Gasteiger partial charge in [-0.1, -0.05) is 11.6 Å². The number of ether oxygens (including phenoxy) is 1. The Morgan fingerprint density at radius 3 is 2.95 bits per heavy atom. The summed E-state index contributed by atoms with van der Waals surface area (Å²) in [6.45, 7) is 1.69. The van der Waals surface area contributed by atoms with Crippen molar-refractivity contribution in [2.75, 3.05) is 5.32 Å². The molecule has 0 aromatic heterocycles. The number of carbonyl (C=O) groups excluding carboxylic acids is 1. The third kappa shape index (κ3) is 2.89. The number of rotatable bonds is 2. The van der Waals surface area contributed by atoms with Crippen LogP contribution in [0.3, 0.4) is 0 Å². The van der Waals surface area contributed by atoms with Gasteiger partial charge in [-0.05, 0) is 43.3 Å². The molecule has 0 bridgehead atoms. The maximum atomic E-state index is 11.6. The summed E-state index contributed by atoms with van der Waals surface area (Å²) >= 11 is 5.89. The van der Waals surface area contributed by atoms with E-state index in [1.807, 2.05) is 0 Å². The van der Waals surface area contributed by atoms with Crippen LogP contribution < -0.4 is 10.1 Å². The first kappa shape index (κ1) is 14.4. The Balaban J connectivity index is 1.87. The van der Waals surface area contributed by atoms with Crippen molar-refractivity contribution in [2.24, 2.45) is 4.99 Å². The number of halogens is 1. The number of nitrogens with zero attached hydrogens (tertiary/aromatic N) is 1. The second kappa shape index (κ2) is 5.69. The second-order valence-electron chi connectivity index (χ2n) is 4.89. The normalized spacial score (nSPS) is 17.0. The molecule has 2 aromatic carbocycles. The molecular formula is C16H13ClN2O3. The summed E-state index contributed by atoms with van der Waals surface area (Å²) in [7, 11) is 0. The van der Waals surface area contributed by atoms with Crippen LogP contribution >= 0.6 is 11.6 Å². The van der Waals surface area contributed by atoms with Crippen molar-refractivity contribution >= 4 is 35.1 Å². The van der Waals surface area contributed by atoms with E-state index in [0.29, 0.717) is 27.7 Å². The number of amides is 1. The average molecular weight is 317 g/mol. The fourth-order valence-corrected chi connectivity index (χ4v) is 2.23. The number of aliphatic imine (C=N–C) groups is 1. The molecule has 0 unspecified atom stereocenters. The van der Waals surface area contributed by atoms with Crippen molar-refractivity contribution in [3.63, 3.8) is 0 Å². The highest BCUT2D eigenvalue weighted by Gasteiger charge is 2.23. The molecule has 22 heavy (non-hydrogen) atoms. The van der Waals surface area contributed by atoms with E-state index in [1.165, 1.54) is 12.3 Å². The van der Waals surface area contributed by atoms with Crippen LogP contribution in [0.1, 0.15) is 12.5 Å². The third-order valence-electron chi connectivity index (χ3n) is 3.24. The molecular weight excluding hydrogens is 304 g/mol. The van der Waals surface area contributed by atoms with Gasteiger partial charge in [0.25, 0.3) is 5.91 Å². The fraction of sp³-hybridized carbons (Fsp3) is 0.125. The molecule has 0 saturated carbocycles. The number of nitrogens with one attached hydrogen (secondary N) is 1. The highest BCUT2D eigenvalue weighted by Crippen LogP contribution is 2.33. The molecule has 112 valence electrons. The average Bonchev–Trinajstić information content (AvgIpc) is 2.49. The van der Waals surface area contributed by atoms with Crippen molar-refractivity contribution in [3.8, 4) is 11.5 Å². The molecule has 1 atom stereocenters. The van der Waals surface area contributed by atoms with E-state index in [-0.39, 0.29) is 11.7 Å². The Bertz CT molecular complexity index is 774. The van der Waals surface area contributed by atoms with Gasteiger partial charge in [-0.15, -0.1) is 0 Å². The van der Waals surface area contributed by atoms with Crippen molar-refractivity contribution in [1.82, 2.24) is 0 Å². The van der Waals surface area contributed by atoms with Gasteiger partial charge in [0.1, 0.15) is 11.5 Å². The lowest BCUT2D eigenvalue weighted by Crippen LogP contribution is -2.34. The van der Waals surface area contributed by atoms with E-state index in [0.717, 1.165) is 0 Å². The molecule has 1 aliphatic rings. The molecule has 1 aliphatic heterocycles. The van der Waals surface area contributed by atoms with Gasteiger partial charge in [0.2, 0.25) is 0 Å². The second-order valence-corrected chi connectivity index (χ2v) is 5.33. The SMILES string of the molecule is C[C@@H]1Oc2ccc(N=Cc3cc(Cl)ccc3O)cc2NC1=O. The zero-order chi connectivity index (χ0) is 15.7. The summed E-state index contributed by atoms with van der Waals surface area (Å²) < 4.78 is 5.48. The Hall–Kier alpha value is -2.53. The standard InChI is InChI=1S/C16H13ClN2O3/c1-9-16(21)19-13-7-12(3-5-15(13)22-9)18-8-10-6-11(17)2-4-14(10)20/h2-9,20H,1H3,(H,19,21)/t9-/m0/s1. The minimum atomic E-state index is -0.509. The first-order chi connectivity index (χ1) is 10.5. The summed E-state index contributed by atoms with van der Waals surface area (Å²) in [5, 5.41) is 13.0. The van der Waals surface area contributed by atoms with Gasteiger partial charge in [0, 0.05) is 16.8 Å². The van der Waals surface area contributed by atoms with Gasteiger partial charge >= 0.3 is 0 Å². The van der Waals surface area contributed by atoms with Crippen molar-refractivity contribution in [3.05, 3.63) is 47.0 Å². The largest absolute Gasteiger partial charge is 0.507 e. The molecule has 3 rings (SSSR count).